The van der Waals surface area contributed by atoms with Gasteiger partial charge in [-0.15, -0.1) is 24.0 Å². The van der Waals surface area contributed by atoms with Gasteiger partial charge in [0.25, 0.3) is 0 Å². The lowest BCUT2D eigenvalue weighted by Gasteiger charge is -2.38. The van der Waals surface area contributed by atoms with Gasteiger partial charge in [-0.25, -0.2) is 0 Å². The first-order chi connectivity index (χ1) is 15.0. The Morgan fingerprint density at radius 2 is 2.00 bits per heavy atom. The van der Waals surface area contributed by atoms with Crippen molar-refractivity contribution in [3.8, 4) is 0 Å². The molecule has 3 rings (SSSR count). The molecule has 0 radical (unpaired) electrons. The lowest BCUT2D eigenvalue weighted by atomic mass is 9.97. The molecule has 4 N–H and O–H groups in total. The minimum absolute atomic E-state index is 0. The van der Waals surface area contributed by atoms with E-state index in [-0.39, 0.29) is 35.8 Å². The number of halogens is 1. The zero-order chi connectivity index (χ0) is 22.1. The van der Waals surface area contributed by atoms with E-state index in [1.165, 1.54) is 5.56 Å². The van der Waals surface area contributed by atoms with Crippen LogP contribution in [0.25, 0.3) is 0 Å². The highest BCUT2D eigenvalue weighted by Crippen LogP contribution is 2.20. The molecule has 2 aliphatic heterocycles. The second kappa shape index (κ2) is 14.0. The van der Waals surface area contributed by atoms with Gasteiger partial charge in [-0.2, -0.15) is 0 Å². The Balaban J connectivity index is 0.00000363. The Morgan fingerprint density at radius 1 is 1.22 bits per heavy atom. The SMILES string of the molecule is CN=C(NCCCN1CCCC(C(N)=O)C1)NC1CCN(Cc2ccccc2)C(C)C1.I. The topological polar surface area (TPSA) is 86.0 Å². The number of carbonyl (C=O) groups excluding carboxylic acids is 1. The van der Waals surface area contributed by atoms with Crippen molar-refractivity contribution in [2.45, 2.75) is 57.7 Å². The van der Waals surface area contributed by atoms with Crippen LogP contribution in [0.2, 0.25) is 0 Å². The number of carbonyl (C=O) groups is 1. The van der Waals surface area contributed by atoms with Gasteiger partial charge >= 0.3 is 0 Å². The smallest absolute Gasteiger partial charge is 0.221 e. The van der Waals surface area contributed by atoms with Crippen LogP contribution in [-0.4, -0.2) is 73.5 Å². The van der Waals surface area contributed by atoms with E-state index >= 15 is 0 Å². The Kier molecular flexibility index (Phi) is 11.7. The van der Waals surface area contributed by atoms with Gasteiger partial charge in [0.15, 0.2) is 5.96 Å². The Hall–Kier alpha value is -1.39. The van der Waals surface area contributed by atoms with Gasteiger partial charge in [0.2, 0.25) is 5.91 Å². The van der Waals surface area contributed by atoms with Crippen LogP contribution in [-0.2, 0) is 11.3 Å². The zero-order valence-electron chi connectivity index (χ0n) is 19.6. The van der Waals surface area contributed by atoms with E-state index < -0.39 is 0 Å². The molecule has 1 aromatic rings. The number of primary amides is 1. The largest absolute Gasteiger partial charge is 0.369 e. The number of nitrogens with zero attached hydrogens (tertiary/aromatic N) is 3. The molecule has 0 aromatic heterocycles. The van der Waals surface area contributed by atoms with Crippen LogP contribution < -0.4 is 16.4 Å². The van der Waals surface area contributed by atoms with Crippen molar-refractivity contribution in [3.63, 3.8) is 0 Å². The number of hydrogen-bond donors (Lipinski definition) is 3. The van der Waals surface area contributed by atoms with Gasteiger partial charge < -0.3 is 21.3 Å². The van der Waals surface area contributed by atoms with E-state index in [4.69, 9.17) is 5.73 Å². The van der Waals surface area contributed by atoms with Crippen molar-refractivity contribution in [2.24, 2.45) is 16.6 Å². The summed E-state index contributed by atoms with van der Waals surface area (Å²) >= 11 is 0. The molecule has 2 heterocycles. The first-order valence-corrected chi connectivity index (χ1v) is 11.8. The average molecular weight is 557 g/mol. The van der Waals surface area contributed by atoms with Gasteiger partial charge in [0, 0.05) is 45.3 Å². The van der Waals surface area contributed by atoms with Crippen molar-refractivity contribution in [2.75, 3.05) is 39.8 Å². The number of likely N-dealkylation sites (tertiary alicyclic amines) is 2. The Labute approximate surface area is 210 Å². The van der Waals surface area contributed by atoms with Crippen LogP contribution in [0.15, 0.2) is 35.3 Å². The van der Waals surface area contributed by atoms with Crippen molar-refractivity contribution in [1.82, 2.24) is 20.4 Å². The standard InChI is InChI=1S/C24H40N6O.HI/c1-19-16-22(11-15-30(19)17-20-8-4-3-5-9-20)28-24(26-2)27-12-7-14-29-13-6-10-21(18-29)23(25)31;/h3-5,8-9,19,21-22H,6-7,10-18H2,1-2H3,(H2,25,31)(H2,26,27,28);1H. The molecule has 2 aliphatic rings. The van der Waals surface area contributed by atoms with Gasteiger partial charge in [0.1, 0.15) is 0 Å². The van der Waals surface area contributed by atoms with E-state index in [1.54, 1.807) is 0 Å². The molecule has 180 valence electrons. The first kappa shape index (κ1) is 26.9. The lowest BCUT2D eigenvalue weighted by Crippen LogP contribution is -2.51. The summed E-state index contributed by atoms with van der Waals surface area (Å²) in [7, 11) is 1.84. The number of hydrogen-bond acceptors (Lipinski definition) is 4. The lowest BCUT2D eigenvalue weighted by molar-refractivity contribution is -0.123. The third-order valence-electron chi connectivity index (χ3n) is 6.66. The quantitative estimate of drug-likeness (QED) is 0.198. The normalized spacial score (nSPS) is 25.1. The molecule has 0 saturated carbocycles. The van der Waals surface area contributed by atoms with Crippen LogP contribution >= 0.6 is 24.0 Å². The van der Waals surface area contributed by atoms with Crippen molar-refractivity contribution in [1.29, 1.82) is 0 Å². The van der Waals surface area contributed by atoms with Crippen molar-refractivity contribution < 1.29 is 4.79 Å². The number of guanidine groups is 1. The summed E-state index contributed by atoms with van der Waals surface area (Å²) in [6, 6.07) is 11.7. The number of piperidine rings is 2. The molecule has 0 spiro atoms. The number of aliphatic imine (C=N–C) groups is 1. The summed E-state index contributed by atoms with van der Waals surface area (Å²) in [6.45, 7) is 8.18. The van der Waals surface area contributed by atoms with Crippen LogP contribution in [0.5, 0.6) is 0 Å². The van der Waals surface area contributed by atoms with E-state index in [2.05, 4.69) is 62.7 Å². The predicted octanol–water partition coefficient (Wildman–Crippen LogP) is 2.41. The molecule has 3 unspecified atom stereocenters. The van der Waals surface area contributed by atoms with Gasteiger partial charge in [0.05, 0.1) is 5.92 Å². The fraction of sp³-hybridized carbons (Fsp3) is 0.667. The molecular formula is C24H41IN6O. The monoisotopic (exact) mass is 556 g/mol. The molecular weight excluding hydrogens is 515 g/mol. The molecule has 1 amide bonds. The van der Waals surface area contributed by atoms with E-state index in [0.717, 1.165) is 77.3 Å². The zero-order valence-corrected chi connectivity index (χ0v) is 22.0. The summed E-state index contributed by atoms with van der Waals surface area (Å²) in [5.74, 6) is 0.754. The molecule has 7 nitrogen and oxygen atoms in total. The van der Waals surface area contributed by atoms with Crippen molar-refractivity contribution >= 4 is 35.8 Å². The maximum atomic E-state index is 11.4. The van der Waals surface area contributed by atoms with E-state index in [1.807, 2.05) is 7.05 Å². The highest BCUT2D eigenvalue weighted by atomic mass is 127. The molecule has 0 bridgehead atoms. The fourth-order valence-electron chi connectivity index (χ4n) is 4.79. The second-order valence-corrected chi connectivity index (χ2v) is 9.07. The summed E-state index contributed by atoms with van der Waals surface area (Å²) in [5, 5.41) is 7.08. The minimum Gasteiger partial charge on any atom is -0.369 e. The van der Waals surface area contributed by atoms with Crippen LogP contribution in [0.1, 0.15) is 44.6 Å². The minimum atomic E-state index is -0.156. The molecule has 0 aliphatic carbocycles. The summed E-state index contributed by atoms with van der Waals surface area (Å²) in [5.41, 5.74) is 6.87. The van der Waals surface area contributed by atoms with Gasteiger partial charge in [-0.05, 0) is 57.7 Å². The van der Waals surface area contributed by atoms with E-state index in [9.17, 15) is 4.79 Å². The van der Waals surface area contributed by atoms with Crippen LogP contribution in [0, 0.1) is 5.92 Å². The fourth-order valence-corrected chi connectivity index (χ4v) is 4.79. The maximum Gasteiger partial charge on any atom is 0.221 e. The molecule has 2 saturated heterocycles. The third-order valence-corrected chi connectivity index (χ3v) is 6.66. The van der Waals surface area contributed by atoms with Crippen LogP contribution in [0.3, 0.4) is 0 Å². The number of amides is 1. The summed E-state index contributed by atoms with van der Waals surface area (Å²) in [4.78, 5) is 20.8. The van der Waals surface area contributed by atoms with E-state index in [0.29, 0.717) is 12.1 Å². The third kappa shape index (κ3) is 8.51. The van der Waals surface area contributed by atoms with Gasteiger partial charge in [-0.3, -0.25) is 14.7 Å². The number of rotatable bonds is 8. The number of nitrogens with one attached hydrogen (secondary N) is 2. The van der Waals surface area contributed by atoms with Crippen molar-refractivity contribution in [3.05, 3.63) is 35.9 Å². The maximum absolute atomic E-state index is 11.4. The molecule has 3 atom stereocenters. The molecule has 1 aromatic carbocycles. The number of benzene rings is 1. The highest BCUT2D eigenvalue weighted by Gasteiger charge is 2.26. The molecule has 8 heteroatoms. The molecule has 32 heavy (non-hydrogen) atoms. The number of nitrogens with two attached hydrogens (primary N) is 1. The average Bonchev–Trinajstić information content (AvgIpc) is 2.78. The van der Waals surface area contributed by atoms with Crippen LogP contribution in [0.4, 0.5) is 0 Å². The predicted molar refractivity (Wildman–Crippen MR) is 142 cm³/mol. The molecule has 2 fully saturated rings. The summed E-state index contributed by atoms with van der Waals surface area (Å²) < 4.78 is 0. The Morgan fingerprint density at radius 3 is 2.69 bits per heavy atom. The second-order valence-electron chi connectivity index (χ2n) is 9.07. The van der Waals surface area contributed by atoms with Gasteiger partial charge in [-0.1, -0.05) is 30.3 Å². The summed E-state index contributed by atoms with van der Waals surface area (Å²) in [6.07, 6.45) is 5.27. The first-order valence-electron chi connectivity index (χ1n) is 11.8. The highest BCUT2D eigenvalue weighted by molar-refractivity contribution is 14.0. The Bertz CT molecular complexity index is 716.